The van der Waals surface area contributed by atoms with Crippen LogP contribution in [0.2, 0.25) is 0 Å². The summed E-state index contributed by atoms with van der Waals surface area (Å²) < 4.78 is 40.7. The van der Waals surface area contributed by atoms with Crippen LogP contribution in [-0.2, 0) is 16.6 Å². The molecule has 0 amide bonds. The van der Waals surface area contributed by atoms with Crippen LogP contribution in [0.4, 0.5) is 4.39 Å². The Morgan fingerprint density at radius 1 is 1.29 bits per heavy atom. The molecule has 0 spiro atoms. The van der Waals surface area contributed by atoms with Crippen LogP contribution in [0.3, 0.4) is 0 Å². The second-order valence-electron chi connectivity index (χ2n) is 5.29. The van der Waals surface area contributed by atoms with Crippen molar-refractivity contribution in [3.05, 3.63) is 29.6 Å². The molecule has 0 saturated carbocycles. The summed E-state index contributed by atoms with van der Waals surface area (Å²) in [5, 5.41) is 3.14. The van der Waals surface area contributed by atoms with Gasteiger partial charge in [0, 0.05) is 13.1 Å². The minimum absolute atomic E-state index is 0.0226. The molecule has 0 aliphatic rings. The minimum Gasteiger partial charge on any atom is -0.313 e. The van der Waals surface area contributed by atoms with E-state index in [0.717, 1.165) is 25.5 Å². The summed E-state index contributed by atoms with van der Waals surface area (Å²) in [5.41, 5.74) is 0.585. The van der Waals surface area contributed by atoms with Gasteiger partial charge in [-0.25, -0.2) is 17.5 Å². The van der Waals surface area contributed by atoms with Gasteiger partial charge in [0.15, 0.2) is 0 Å². The number of benzene rings is 1. The highest BCUT2D eigenvalue weighted by atomic mass is 32.2. The van der Waals surface area contributed by atoms with Crippen molar-refractivity contribution in [3.63, 3.8) is 0 Å². The van der Waals surface area contributed by atoms with Crippen molar-refractivity contribution in [2.24, 2.45) is 5.92 Å². The fourth-order valence-electron chi connectivity index (χ4n) is 1.80. The van der Waals surface area contributed by atoms with E-state index < -0.39 is 15.8 Å². The first-order chi connectivity index (χ1) is 9.90. The second-order valence-corrected chi connectivity index (χ2v) is 7.03. The summed E-state index contributed by atoms with van der Waals surface area (Å²) in [6.45, 7) is 7.56. The van der Waals surface area contributed by atoms with E-state index in [-0.39, 0.29) is 10.8 Å². The zero-order chi connectivity index (χ0) is 15.9. The van der Waals surface area contributed by atoms with Gasteiger partial charge in [-0.1, -0.05) is 33.3 Å². The molecule has 120 valence electrons. The summed E-state index contributed by atoms with van der Waals surface area (Å²) in [6.07, 6.45) is 1.84. The first-order valence-electron chi connectivity index (χ1n) is 7.39. The van der Waals surface area contributed by atoms with Crippen molar-refractivity contribution in [3.8, 4) is 0 Å². The Bertz CT molecular complexity index is 547. The van der Waals surface area contributed by atoms with E-state index in [2.05, 4.69) is 10.0 Å². The maximum absolute atomic E-state index is 13.4. The van der Waals surface area contributed by atoms with Crippen molar-refractivity contribution < 1.29 is 12.8 Å². The Balaban J connectivity index is 2.94. The van der Waals surface area contributed by atoms with Crippen LogP contribution in [-0.4, -0.2) is 21.5 Å². The van der Waals surface area contributed by atoms with Crippen LogP contribution < -0.4 is 10.0 Å². The molecular formula is C15H25FN2O2S. The average Bonchev–Trinajstić information content (AvgIpc) is 2.46. The molecule has 0 aromatic heterocycles. The van der Waals surface area contributed by atoms with Crippen LogP contribution in [0.15, 0.2) is 23.1 Å². The Hall–Kier alpha value is -0.980. The maximum Gasteiger partial charge on any atom is 0.241 e. The van der Waals surface area contributed by atoms with Gasteiger partial charge in [0.2, 0.25) is 10.0 Å². The Morgan fingerprint density at radius 2 is 2.00 bits per heavy atom. The first-order valence-corrected chi connectivity index (χ1v) is 8.87. The molecular weight excluding hydrogens is 291 g/mol. The molecule has 0 heterocycles. The number of hydrogen-bond donors (Lipinski definition) is 2. The van der Waals surface area contributed by atoms with Crippen LogP contribution in [0.5, 0.6) is 0 Å². The quantitative estimate of drug-likeness (QED) is 0.689. The van der Waals surface area contributed by atoms with E-state index in [1.54, 1.807) is 0 Å². The third-order valence-corrected chi connectivity index (χ3v) is 4.89. The topological polar surface area (TPSA) is 58.2 Å². The van der Waals surface area contributed by atoms with E-state index in [1.807, 2.05) is 20.8 Å². The molecule has 21 heavy (non-hydrogen) atoms. The van der Waals surface area contributed by atoms with Crippen LogP contribution in [0.25, 0.3) is 0 Å². The largest absolute Gasteiger partial charge is 0.313 e. The molecule has 1 atom stereocenters. The van der Waals surface area contributed by atoms with E-state index in [1.165, 1.54) is 12.1 Å². The Morgan fingerprint density at radius 3 is 2.62 bits per heavy atom. The summed E-state index contributed by atoms with van der Waals surface area (Å²) in [7, 11) is -3.69. The Labute approximate surface area is 127 Å². The fraction of sp³-hybridized carbons (Fsp3) is 0.600. The third kappa shape index (κ3) is 5.73. The summed E-state index contributed by atoms with van der Waals surface area (Å²) in [6, 6.07) is 3.90. The summed E-state index contributed by atoms with van der Waals surface area (Å²) in [4.78, 5) is 0.0226. The van der Waals surface area contributed by atoms with Gasteiger partial charge in [-0.3, -0.25) is 0 Å². The zero-order valence-electron chi connectivity index (χ0n) is 12.9. The van der Waals surface area contributed by atoms with Crippen molar-refractivity contribution in [2.75, 3.05) is 13.1 Å². The highest BCUT2D eigenvalue weighted by Gasteiger charge is 2.19. The molecule has 0 fully saturated rings. The number of sulfonamides is 1. The average molecular weight is 316 g/mol. The highest BCUT2D eigenvalue weighted by Crippen LogP contribution is 2.17. The summed E-state index contributed by atoms with van der Waals surface area (Å²) >= 11 is 0. The van der Waals surface area contributed by atoms with Crippen LogP contribution in [0.1, 0.15) is 39.2 Å². The van der Waals surface area contributed by atoms with Gasteiger partial charge in [0.1, 0.15) is 5.82 Å². The third-order valence-electron chi connectivity index (χ3n) is 3.38. The lowest BCUT2D eigenvalue weighted by molar-refractivity contribution is 0.526. The predicted octanol–water partition coefficient (Wildman–Crippen LogP) is 2.65. The molecule has 0 radical (unpaired) electrons. The van der Waals surface area contributed by atoms with Gasteiger partial charge < -0.3 is 5.32 Å². The van der Waals surface area contributed by atoms with Gasteiger partial charge in [0.25, 0.3) is 0 Å². The lowest BCUT2D eigenvalue weighted by atomic mass is 10.1. The van der Waals surface area contributed by atoms with Crippen LogP contribution >= 0.6 is 0 Å². The minimum atomic E-state index is -3.69. The highest BCUT2D eigenvalue weighted by molar-refractivity contribution is 7.89. The zero-order valence-corrected chi connectivity index (χ0v) is 13.8. The van der Waals surface area contributed by atoms with E-state index in [0.29, 0.717) is 18.7 Å². The molecule has 2 N–H and O–H groups in total. The van der Waals surface area contributed by atoms with E-state index in [9.17, 15) is 12.8 Å². The van der Waals surface area contributed by atoms with Crippen LogP contribution in [0, 0.1) is 11.7 Å². The molecule has 1 aromatic rings. The molecule has 1 rings (SSSR count). The van der Waals surface area contributed by atoms with E-state index >= 15 is 0 Å². The second kappa shape index (κ2) is 8.46. The fourth-order valence-corrected chi connectivity index (χ4v) is 3.21. The summed E-state index contributed by atoms with van der Waals surface area (Å²) in [5.74, 6) is -0.298. The van der Waals surface area contributed by atoms with Gasteiger partial charge in [-0.15, -0.1) is 0 Å². The molecule has 0 bridgehead atoms. The molecule has 0 aliphatic heterocycles. The number of nitrogens with one attached hydrogen (secondary N) is 2. The number of rotatable bonds is 9. The SMILES string of the molecule is CCCNCc1ccc(F)cc1S(=O)(=O)NCC(C)CC. The van der Waals surface area contributed by atoms with Gasteiger partial charge in [0.05, 0.1) is 4.90 Å². The number of halogens is 1. The Kier molecular flexibility index (Phi) is 7.28. The molecule has 4 nitrogen and oxygen atoms in total. The molecule has 6 heteroatoms. The monoisotopic (exact) mass is 316 g/mol. The van der Waals surface area contributed by atoms with E-state index in [4.69, 9.17) is 0 Å². The predicted molar refractivity (Wildman–Crippen MR) is 83.0 cm³/mol. The van der Waals surface area contributed by atoms with Crippen molar-refractivity contribution in [2.45, 2.75) is 45.1 Å². The van der Waals surface area contributed by atoms with Crippen molar-refractivity contribution >= 4 is 10.0 Å². The molecule has 1 aromatic carbocycles. The van der Waals surface area contributed by atoms with Gasteiger partial charge >= 0.3 is 0 Å². The molecule has 1 unspecified atom stereocenters. The van der Waals surface area contributed by atoms with Gasteiger partial charge in [-0.2, -0.15) is 0 Å². The first kappa shape index (κ1) is 18.1. The lowest BCUT2D eigenvalue weighted by Gasteiger charge is -2.14. The number of hydrogen-bond acceptors (Lipinski definition) is 3. The maximum atomic E-state index is 13.4. The van der Waals surface area contributed by atoms with Crippen molar-refractivity contribution in [1.82, 2.24) is 10.0 Å². The van der Waals surface area contributed by atoms with Gasteiger partial charge in [-0.05, 0) is 36.6 Å². The molecule has 0 saturated heterocycles. The van der Waals surface area contributed by atoms with Crippen molar-refractivity contribution in [1.29, 1.82) is 0 Å². The smallest absolute Gasteiger partial charge is 0.241 e. The lowest BCUT2D eigenvalue weighted by Crippen LogP contribution is -2.29. The standard InChI is InChI=1S/C15H25FN2O2S/c1-4-8-17-11-13-6-7-14(16)9-15(13)21(19,20)18-10-12(3)5-2/h6-7,9,12,17-18H,4-5,8,10-11H2,1-3H3. The normalized spacial score (nSPS) is 13.3. The molecule has 0 aliphatic carbocycles.